The minimum atomic E-state index is -0.0334. The van der Waals surface area contributed by atoms with E-state index < -0.39 is 0 Å². The van der Waals surface area contributed by atoms with Gasteiger partial charge in [-0.1, -0.05) is 13.3 Å². The molecule has 0 aromatic carbocycles. The van der Waals surface area contributed by atoms with Crippen molar-refractivity contribution in [1.82, 2.24) is 19.5 Å². The molecule has 0 saturated carbocycles. The van der Waals surface area contributed by atoms with Crippen molar-refractivity contribution in [3.8, 4) is 6.01 Å². The van der Waals surface area contributed by atoms with Crippen molar-refractivity contribution in [3.05, 3.63) is 6.33 Å². The fraction of sp³-hybridized carbons (Fsp3) is 0.667. The van der Waals surface area contributed by atoms with Crippen LogP contribution in [0.25, 0.3) is 11.2 Å². The first-order chi connectivity index (χ1) is 10.7. The molecular weight excluding hydrogens is 282 g/mol. The van der Waals surface area contributed by atoms with Crippen molar-refractivity contribution in [2.75, 3.05) is 12.3 Å². The Morgan fingerprint density at radius 3 is 3.05 bits per heavy atom. The summed E-state index contributed by atoms with van der Waals surface area (Å²) in [5, 5.41) is 0. The number of nitrogens with two attached hydrogens (primary N) is 1. The fourth-order valence-corrected chi connectivity index (χ4v) is 2.77. The summed E-state index contributed by atoms with van der Waals surface area (Å²) in [6.07, 6.45) is 6.95. The highest BCUT2D eigenvalue weighted by atomic mass is 16.5. The summed E-state index contributed by atoms with van der Waals surface area (Å²) < 4.78 is 13.5. The van der Waals surface area contributed by atoms with E-state index >= 15 is 0 Å². The molecule has 1 aliphatic rings. The minimum absolute atomic E-state index is 0.0334. The van der Waals surface area contributed by atoms with Gasteiger partial charge in [0, 0.05) is 6.61 Å². The van der Waals surface area contributed by atoms with E-state index in [1.54, 1.807) is 6.33 Å². The van der Waals surface area contributed by atoms with Gasteiger partial charge in [-0.2, -0.15) is 9.97 Å². The standard InChI is InChI=1S/C15H23N5O2/c1-3-6-10(2)22-15-18-13(16)12-14(19-15)20(9-17-12)11-7-4-5-8-21-11/h9-11H,3-8H2,1-2H3,(H2,16,18,19)/t10-,11+/m0/s1. The van der Waals surface area contributed by atoms with Crippen LogP contribution in [0.15, 0.2) is 6.33 Å². The molecule has 3 rings (SSSR count). The van der Waals surface area contributed by atoms with Crippen LogP contribution in [-0.4, -0.2) is 32.2 Å². The zero-order valence-electron chi connectivity index (χ0n) is 13.2. The van der Waals surface area contributed by atoms with Gasteiger partial charge in [0.2, 0.25) is 0 Å². The molecule has 2 N–H and O–H groups in total. The molecule has 2 aromatic heterocycles. The lowest BCUT2D eigenvalue weighted by Gasteiger charge is -2.23. The first-order valence-electron chi connectivity index (χ1n) is 7.97. The van der Waals surface area contributed by atoms with E-state index in [2.05, 4.69) is 21.9 Å². The quantitative estimate of drug-likeness (QED) is 0.913. The summed E-state index contributed by atoms with van der Waals surface area (Å²) >= 11 is 0. The zero-order chi connectivity index (χ0) is 15.5. The van der Waals surface area contributed by atoms with Gasteiger partial charge in [0.1, 0.15) is 6.23 Å². The van der Waals surface area contributed by atoms with Gasteiger partial charge in [0.25, 0.3) is 0 Å². The number of nitrogen functional groups attached to an aromatic ring is 1. The maximum atomic E-state index is 6.00. The van der Waals surface area contributed by atoms with Crippen LogP contribution in [0, 0.1) is 0 Å². The van der Waals surface area contributed by atoms with Crippen LogP contribution in [-0.2, 0) is 4.74 Å². The number of rotatable bonds is 5. The molecule has 1 fully saturated rings. The molecule has 0 unspecified atom stereocenters. The Morgan fingerprint density at radius 1 is 1.45 bits per heavy atom. The second kappa shape index (κ2) is 6.48. The average molecular weight is 305 g/mol. The molecule has 1 aliphatic heterocycles. The number of anilines is 1. The SMILES string of the molecule is CCC[C@H](C)Oc1nc(N)c2ncn([C@H]3CCCCO3)c2n1. The maximum absolute atomic E-state index is 6.00. The Bertz CT molecular complexity index is 636. The van der Waals surface area contributed by atoms with Gasteiger partial charge in [-0.25, -0.2) is 4.98 Å². The van der Waals surface area contributed by atoms with Crippen molar-refractivity contribution in [2.45, 2.75) is 58.3 Å². The summed E-state index contributed by atoms with van der Waals surface area (Å²) in [6, 6.07) is 0.309. The predicted octanol–water partition coefficient (Wildman–Crippen LogP) is 2.68. The minimum Gasteiger partial charge on any atom is -0.460 e. The number of fused-ring (bicyclic) bond motifs is 1. The van der Waals surface area contributed by atoms with Crippen molar-refractivity contribution in [3.63, 3.8) is 0 Å². The molecule has 2 atom stereocenters. The Morgan fingerprint density at radius 2 is 2.32 bits per heavy atom. The molecular formula is C15H23N5O2. The van der Waals surface area contributed by atoms with E-state index in [1.807, 2.05) is 11.5 Å². The fourth-order valence-electron chi connectivity index (χ4n) is 2.77. The molecule has 22 heavy (non-hydrogen) atoms. The van der Waals surface area contributed by atoms with Gasteiger partial charge in [-0.3, -0.25) is 4.57 Å². The topological polar surface area (TPSA) is 88.1 Å². The molecule has 0 amide bonds. The summed E-state index contributed by atoms with van der Waals surface area (Å²) in [4.78, 5) is 13.0. The molecule has 2 aromatic rings. The summed E-state index contributed by atoms with van der Waals surface area (Å²) in [6.45, 7) is 4.89. The molecule has 1 saturated heterocycles. The monoisotopic (exact) mass is 305 g/mol. The third kappa shape index (κ3) is 2.99. The second-order valence-electron chi connectivity index (χ2n) is 5.75. The predicted molar refractivity (Wildman–Crippen MR) is 83.6 cm³/mol. The number of aromatic nitrogens is 4. The van der Waals surface area contributed by atoms with E-state index in [-0.39, 0.29) is 12.3 Å². The van der Waals surface area contributed by atoms with Crippen LogP contribution in [0.2, 0.25) is 0 Å². The Balaban J connectivity index is 1.92. The molecule has 7 heteroatoms. The number of hydrogen-bond acceptors (Lipinski definition) is 6. The smallest absolute Gasteiger partial charge is 0.320 e. The van der Waals surface area contributed by atoms with Gasteiger partial charge in [0.05, 0.1) is 12.4 Å². The molecule has 7 nitrogen and oxygen atoms in total. The van der Waals surface area contributed by atoms with E-state index in [0.29, 0.717) is 23.0 Å². The highest BCUT2D eigenvalue weighted by Gasteiger charge is 2.21. The lowest BCUT2D eigenvalue weighted by molar-refractivity contribution is -0.0298. The van der Waals surface area contributed by atoms with E-state index in [4.69, 9.17) is 15.2 Å². The largest absolute Gasteiger partial charge is 0.460 e. The normalized spacial score (nSPS) is 20.2. The lowest BCUT2D eigenvalue weighted by Crippen LogP contribution is -2.18. The molecule has 0 bridgehead atoms. The number of imidazole rings is 1. The molecule has 0 spiro atoms. The van der Waals surface area contributed by atoms with Crippen LogP contribution < -0.4 is 10.5 Å². The third-order valence-corrected chi connectivity index (χ3v) is 3.90. The Labute approximate surface area is 129 Å². The van der Waals surface area contributed by atoms with E-state index in [0.717, 1.165) is 38.7 Å². The molecule has 0 radical (unpaired) electrons. The van der Waals surface area contributed by atoms with Crippen molar-refractivity contribution in [2.24, 2.45) is 0 Å². The first-order valence-corrected chi connectivity index (χ1v) is 7.97. The Kier molecular flexibility index (Phi) is 4.42. The van der Waals surface area contributed by atoms with Gasteiger partial charge < -0.3 is 15.2 Å². The second-order valence-corrected chi connectivity index (χ2v) is 5.75. The van der Waals surface area contributed by atoms with Crippen molar-refractivity contribution in [1.29, 1.82) is 0 Å². The maximum Gasteiger partial charge on any atom is 0.320 e. The van der Waals surface area contributed by atoms with E-state index in [9.17, 15) is 0 Å². The molecule has 0 aliphatic carbocycles. The van der Waals surface area contributed by atoms with Crippen LogP contribution in [0.1, 0.15) is 52.2 Å². The highest BCUT2D eigenvalue weighted by Crippen LogP contribution is 2.28. The van der Waals surface area contributed by atoms with Gasteiger partial charge >= 0.3 is 6.01 Å². The van der Waals surface area contributed by atoms with Gasteiger partial charge in [0.15, 0.2) is 17.0 Å². The number of hydrogen-bond donors (Lipinski definition) is 1. The van der Waals surface area contributed by atoms with Gasteiger partial charge in [-0.15, -0.1) is 0 Å². The number of nitrogens with zero attached hydrogens (tertiary/aromatic N) is 4. The van der Waals surface area contributed by atoms with Crippen molar-refractivity contribution >= 4 is 17.0 Å². The van der Waals surface area contributed by atoms with E-state index in [1.165, 1.54) is 0 Å². The first kappa shape index (κ1) is 15.0. The van der Waals surface area contributed by atoms with Crippen LogP contribution in [0.4, 0.5) is 5.82 Å². The van der Waals surface area contributed by atoms with Crippen LogP contribution >= 0.6 is 0 Å². The summed E-state index contributed by atoms with van der Waals surface area (Å²) in [5.41, 5.74) is 7.28. The number of ether oxygens (including phenoxy) is 2. The summed E-state index contributed by atoms with van der Waals surface area (Å²) in [7, 11) is 0. The molecule has 120 valence electrons. The van der Waals surface area contributed by atoms with Crippen LogP contribution in [0.5, 0.6) is 6.01 Å². The summed E-state index contributed by atoms with van der Waals surface area (Å²) in [5.74, 6) is 0.346. The lowest BCUT2D eigenvalue weighted by atomic mass is 10.2. The van der Waals surface area contributed by atoms with Gasteiger partial charge in [-0.05, 0) is 32.6 Å². The van der Waals surface area contributed by atoms with Crippen LogP contribution in [0.3, 0.4) is 0 Å². The zero-order valence-corrected chi connectivity index (χ0v) is 13.2. The third-order valence-electron chi connectivity index (χ3n) is 3.90. The Hall–Kier alpha value is -1.89. The molecule has 3 heterocycles. The average Bonchev–Trinajstić information content (AvgIpc) is 2.92. The highest BCUT2D eigenvalue weighted by molar-refractivity contribution is 5.81. The van der Waals surface area contributed by atoms with Crippen molar-refractivity contribution < 1.29 is 9.47 Å².